The molecule has 0 radical (unpaired) electrons. The van der Waals surface area contributed by atoms with Gasteiger partial charge < -0.3 is 15.5 Å². The molecule has 1 aliphatic heterocycles. The number of hydrogen-bond acceptors (Lipinski definition) is 6. The van der Waals surface area contributed by atoms with Gasteiger partial charge in [0, 0.05) is 45.2 Å². The van der Waals surface area contributed by atoms with E-state index in [-0.39, 0.29) is 41.7 Å². The molecule has 1 aromatic heterocycles. The number of nitrogen functional groups attached to an aromatic ring is 1. The van der Waals surface area contributed by atoms with Gasteiger partial charge >= 0.3 is 5.69 Å². The zero-order chi connectivity index (χ0) is 23.4. The van der Waals surface area contributed by atoms with Gasteiger partial charge in [0.25, 0.3) is 5.56 Å². The maximum Gasteiger partial charge on any atom is 0.330 e. The molecule has 1 aromatic rings. The summed E-state index contributed by atoms with van der Waals surface area (Å²) in [6.07, 6.45) is 3.52. The van der Waals surface area contributed by atoms with Gasteiger partial charge in [-0.05, 0) is 25.2 Å². The van der Waals surface area contributed by atoms with Crippen molar-refractivity contribution >= 4 is 23.3 Å². The summed E-state index contributed by atoms with van der Waals surface area (Å²) in [6, 6.07) is 0. The van der Waals surface area contributed by atoms with Crippen LogP contribution >= 0.6 is 0 Å². The molecule has 2 aliphatic rings. The number of anilines is 2. The van der Waals surface area contributed by atoms with Gasteiger partial charge in [0.1, 0.15) is 5.82 Å². The first-order valence-electron chi connectivity index (χ1n) is 11.7. The Kier molecular flexibility index (Phi) is 7.76. The molecule has 1 aliphatic carbocycles. The minimum absolute atomic E-state index is 0.0248. The molecule has 0 spiro atoms. The highest BCUT2D eigenvalue weighted by molar-refractivity contribution is 5.96. The molecule has 10 heteroatoms. The van der Waals surface area contributed by atoms with Crippen LogP contribution in [-0.2, 0) is 16.1 Å². The Morgan fingerprint density at radius 2 is 1.81 bits per heavy atom. The third-order valence-corrected chi connectivity index (χ3v) is 6.04. The first-order valence-corrected chi connectivity index (χ1v) is 11.7. The Labute approximate surface area is 188 Å². The normalized spacial score (nSPS) is 17.1. The number of carbonyl (C=O) groups is 2. The third-order valence-electron chi connectivity index (χ3n) is 6.04. The largest absolute Gasteiger partial charge is 0.383 e. The summed E-state index contributed by atoms with van der Waals surface area (Å²) in [6.45, 7) is 9.19. The van der Waals surface area contributed by atoms with E-state index in [4.69, 9.17) is 5.73 Å². The van der Waals surface area contributed by atoms with Gasteiger partial charge in [-0.25, -0.2) is 4.79 Å². The molecule has 10 nitrogen and oxygen atoms in total. The second-order valence-corrected chi connectivity index (χ2v) is 9.27. The van der Waals surface area contributed by atoms with E-state index in [2.05, 4.69) is 4.98 Å². The van der Waals surface area contributed by atoms with Crippen LogP contribution in [0, 0.1) is 11.8 Å². The van der Waals surface area contributed by atoms with Crippen molar-refractivity contribution < 1.29 is 9.59 Å². The van der Waals surface area contributed by atoms with Crippen molar-refractivity contribution in [2.75, 3.05) is 49.9 Å². The number of hydrogen-bond donors (Lipinski definition) is 2. The number of nitrogens with one attached hydrogen (secondary N) is 1. The average molecular weight is 449 g/mol. The fourth-order valence-electron chi connectivity index (χ4n) is 4.05. The summed E-state index contributed by atoms with van der Waals surface area (Å²) in [5, 5.41) is 0. The lowest BCUT2D eigenvalue weighted by Gasteiger charge is -2.35. The molecule has 178 valence electrons. The zero-order valence-electron chi connectivity index (χ0n) is 19.4. The van der Waals surface area contributed by atoms with Crippen molar-refractivity contribution in [2.45, 2.75) is 53.0 Å². The molecule has 32 heavy (non-hydrogen) atoms. The summed E-state index contributed by atoms with van der Waals surface area (Å²) in [5.74, 6) is 0.364. The molecule has 0 bridgehead atoms. The fourth-order valence-corrected chi connectivity index (χ4v) is 4.05. The Bertz CT molecular complexity index is 941. The van der Waals surface area contributed by atoms with Gasteiger partial charge in [0.15, 0.2) is 5.69 Å². The minimum Gasteiger partial charge on any atom is -0.383 e. The number of carbonyl (C=O) groups excluding carboxylic acids is 2. The van der Waals surface area contributed by atoms with Crippen molar-refractivity contribution in [3.8, 4) is 0 Å². The molecular formula is C22H36N6O4. The van der Waals surface area contributed by atoms with E-state index < -0.39 is 11.2 Å². The van der Waals surface area contributed by atoms with Crippen molar-refractivity contribution in [3.63, 3.8) is 0 Å². The maximum absolute atomic E-state index is 13.3. The number of H-pyrrole nitrogens is 1. The smallest absolute Gasteiger partial charge is 0.330 e. The van der Waals surface area contributed by atoms with Crippen LogP contribution in [0.3, 0.4) is 0 Å². The molecular weight excluding hydrogens is 412 g/mol. The van der Waals surface area contributed by atoms with E-state index in [0.717, 1.165) is 19.3 Å². The number of unbranched alkanes of at least 4 members (excludes halogenated alkanes) is 1. The first-order chi connectivity index (χ1) is 15.2. The van der Waals surface area contributed by atoms with E-state index in [1.165, 1.54) is 9.47 Å². The molecule has 0 aromatic carbocycles. The van der Waals surface area contributed by atoms with Gasteiger partial charge in [-0.15, -0.1) is 0 Å². The number of aromatic amines is 1. The Balaban J connectivity index is 1.76. The lowest BCUT2D eigenvalue weighted by atomic mass is 10.2. The number of nitrogens with two attached hydrogens (primary N) is 1. The van der Waals surface area contributed by atoms with Crippen LogP contribution in [0.4, 0.5) is 11.5 Å². The van der Waals surface area contributed by atoms with E-state index in [1.807, 2.05) is 30.6 Å². The Hall–Kier alpha value is -2.62. The van der Waals surface area contributed by atoms with E-state index in [9.17, 15) is 19.2 Å². The number of aromatic nitrogens is 2. The highest BCUT2D eigenvalue weighted by Gasteiger charge is 2.35. The number of nitrogens with zero attached hydrogens (tertiary/aromatic N) is 4. The highest BCUT2D eigenvalue weighted by atomic mass is 16.2. The van der Waals surface area contributed by atoms with Crippen LogP contribution < -0.4 is 21.9 Å². The maximum atomic E-state index is 13.3. The molecule has 1 saturated carbocycles. The van der Waals surface area contributed by atoms with Crippen molar-refractivity contribution in [1.29, 1.82) is 0 Å². The average Bonchev–Trinajstić information content (AvgIpc) is 3.58. The molecule has 3 rings (SSSR count). The van der Waals surface area contributed by atoms with Gasteiger partial charge in [-0.2, -0.15) is 0 Å². The van der Waals surface area contributed by atoms with Crippen molar-refractivity contribution in [3.05, 3.63) is 20.8 Å². The SMILES string of the molecule is CCCCN(C(=O)CN1CCN(C(=O)C2CC2)CC1)c1c(N)n(CC(C)C)c(=O)[nH]c1=O. The second-order valence-electron chi connectivity index (χ2n) is 9.27. The molecule has 1 saturated heterocycles. The Morgan fingerprint density at radius 1 is 1.16 bits per heavy atom. The molecule has 2 amide bonds. The summed E-state index contributed by atoms with van der Waals surface area (Å²) >= 11 is 0. The molecule has 3 N–H and O–H groups in total. The van der Waals surface area contributed by atoms with Crippen LogP contribution in [0.25, 0.3) is 0 Å². The fraction of sp³-hybridized carbons (Fsp3) is 0.727. The van der Waals surface area contributed by atoms with Crippen LogP contribution in [0.15, 0.2) is 9.59 Å². The van der Waals surface area contributed by atoms with Gasteiger partial charge in [0.05, 0.1) is 6.54 Å². The van der Waals surface area contributed by atoms with E-state index in [0.29, 0.717) is 45.7 Å². The van der Waals surface area contributed by atoms with Crippen molar-refractivity contribution in [2.24, 2.45) is 11.8 Å². The van der Waals surface area contributed by atoms with Crippen molar-refractivity contribution in [1.82, 2.24) is 19.4 Å². The first kappa shape index (κ1) is 24.0. The predicted octanol–water partition coefficient (Wildman–Crippen LogP) is 0.462. The molecule has 2 heterocycles. The molecule has 2 fully saturated rings. The van der Waals surface area contributed by atoms with Gasteiger partial charge in [-0.3, -0.25) is 28.8 Å². The summed E-state index contributed by atoms with van der Waals surface area (Å²) < 4.78 is 1.33. The quantitative estimate of drug-likeness (QED) is 0.566. The number of piperazine rings is 1. The van der Waals surface area contributed by atoms with E-state index in [1.54, 1.807) is 0 Å². The third kappa shape index (κ3) is 5.59. The summed E-state index contributed by atoms with van der Waals surface area (Å²) in [5.41, 5.74) is 5.09. The monoisotopic (exact) mass is 448 g/mol. The van der Waals surface area contributed by atoms with Crippen LogP contribution in [0.1, 0.15) is 46.5 Å². The lowest BCUT2D eigenvalue weighted by molar-refractivity contribution is -0.134. The van der Waals surface area contributed by atoms with Crippen LogP contribution in [0.5, 0.6) is 0 Å². The second kappa shape index (κ2) is 10.3. The summed E-state index contributed by atoms with van der Waals surface area (Å²) in [4.78, 5) is 58.2. The molecule has 0 atom stereocenters. The minimum atomic E-state index is -0.642. The Morgan fingerprint density at radius 3 is 2.38 bits per heavy atom. The van der Waals surface area contributed by atoms with E-state index >= 15 is 0 Å². The predicted molar refractivity (Wildman–Crippen MR) is 124 cm³/mol. The van der Waals surface area contributed by atoms with Gasteiger partial charge in [-0.1, -0.05) is 27.2 Å². The topological polar surface area (TPSA) is 125 Å². The van der Waals surface area contributed by atoms with Gasteiger partial charge in [0.2, 0.25) is 11.8 Å². The number of amides is 2. The standard InChI is InChI=1S/C22H36N6O4/c1-4-5-8-27(18-19(23)28(13-15(2)3)22(32)24-20(18)30)17(29)14-25-9-11-26(12-10-25)21(31)16-6-7-16/h15-16H,4-14,23H2,1-3H3,(H,24,30,32). The lowest BCUT2D eigenvalue weighted by Crippen LogP contribution is -2.52. The summed E-state index contributed by atoms with van der Waals surface area (Å²) in [7, 11) is 0. The molecule has 0 unspecified atom stereocenters. The zero-order valence-corrected chi connectivity index (χ0v) is 19.4. The number of rotatable bonds is 9. The van der Waals surface area contributed by atoms with Crippen LogP contribution in [-0.4, -0.2) is 70.4 Å². The van der Waals surface area contributed by atoms with Crippen LogP contribution in [0.2, 0.25) is 0 Å². The highest BCUT2D eigenvalue weighted by Crippen LogP contribution is 2.31.